The van der Waals surface area contributed by atoms with E-state index in [1.165, 1.54) is 43.9 Å². The molecule has 0 N–H and O–H groups in total. The molecule has 1 radical (unpaired) electrons. The molecule has 0 saturated carbocycles. The summed E-state index contributed by atoms with van der Waals surface area (Å²) in [6.45, 7) is 4.66. The van der Waals surface area contributed by atoms with Crippen LogP contribution in [-0.4, -0.2) is 8.80 Å². The zero-order valence-corrected chi connectivity index (χ0v) is 26.5. The van der Waals surface area contributed by atoms with Crippen LogP contribution in [0, 0.1) is 5.80 Å². The predicted octanol–water partition coefficient (Wildman–Crippen LogP) is 3.04. The third kappa shape index (κ3) is 7.45. The predicted molar refractivity (Wildman–Crippen MR) is 158 cm³/mol. The summed E-state index contributed by atoms with van der Waals surface area (Å²) in [7, 11) is 0.308. The van der Waals surface area contributed by atoms with Crippen LogP contribution in [0.5, 0.6) is 0 Å². The standard InChI is InChI=1S/C22H16P.C11H12Si.2ClH.Ti/c1-4-10-17(11-5-1)20-16-23-22(19-14-8-3-9-15-19)21(20)18-12-6-2-7-13-18;1-12(2)11-7-9-5-3-4-6-10(9)8-11;;;/h1-15,23H;3-8H,1-2H3;2*1H;/q2*-1;;;+4/p-2. The Morgan fingerprint density at radius 1 is 0.632 bits per heavy atom. The van der Waals surface area contributed by atoms with Gasteiger partial charge in [-0.3, -0.25) is 0 Å². The molecule has 0 aliphatic heterocycles. The summed E-state index contributed by atoms with van der Waals surface area (Å²) in [5.74, 6) is 3.64. The van der Waals surface area contributed by atoms with E-state index in [-0.39, 0.29) is 55.3 Å². The Labute approximate surface area is 257 Å². The minimum absolute atomic E-state index is 0. The topological polar surface area (TPSA) is 0 Å². The van der Waals surface area contributed by atoms with Crippen molar-refractivity contribution in [3.63, 3.8) is 0 Å². The van der Waals surface area contributed by atoms with Gasteiger partial charge in [-0.2, -0.15) is 16.6 Å². The van der Waals surface area contributed by atoms with Gasteiger partial charge in [0.2, 0.25) is 0 Å². The first-order chi connectivity index (χ1) is 17.2. The van der Waals surface area contributed by atoms with Crippen molar-refractivity contribution in [3.05, 3.63) is 133 Å². The van der Waals surface area contributed by atoms with Crippen LogP contribution in [0.25, 0.3) is 43.9 Å². The Balaban J connectivity index is 0.000000290. The average molecular weight is 602 g/mol. The summed E-state index contributed by atoms with van der Waals surface area (Å²) in [6.07, 6.45) is 0. The summed E-state index contributed by atoms with van der Waals surface area (Å²) in [5.41, 5.74) is 6.35. The fourth-order valence-corrected chi connectivity index (χ4v) is 6.46. The second-order valence-electron chi connectivity index (χ2n) is 8.85. The first-order valence-electron chi connectivity index (χ1n) is 12.0. The monoisotopic (exact) mass is 601 g/mol. The summed E-state index contributed by atoms with van der Waals surface area (Å²) in [5, 5.41) is 5.70. The summed E-state index contributed by atoms with van der Waals surface area (Å²) in [4.78, 5) is 0. The molecule has 0 nitrogen and oxygen atoms in total. The Kier molecular flexibility index (Phi) is 13.0. The van der Waals surface area contributed by atoms with Crippen LogP contribution < -0.4 is 30.0 Å². The van der Waals surface area contributed by atoms with E-state index in [2.05, 4.69) is 146 Å². The van der Waals surface area contributed by atoms with Crippen molar-refractivity contribution in [2.75, 3.05) is 0 Å². The molecule has 1 aromatic heterocycles. The van der Waals surface area contributed by atoms with E-state index < -0.39 is 0 Å². The van der Waals surface area contributed by atoms with Crippen LogP contribution in [0.1, 0.15) is 0 Å². The van der Waals surface area contributed by atoms with E-state index in [0.29, 0.717) is 8.19 Å². The van der Waals surface area contributed by atoms with Gasteiger partial charge in [0.15, 0.2) is 0 Å². The van der Waals surface area contributed by atoms with Crippen molar-refractivity contribution in [1.29, 1.82) is 0 Å². The number of rotatable bonds is 4. The Bertz CT molecular complexity index is 1420. The SMILES string of the molecule is C[Si](C)c1cc2ccccc2[cH-]1.[Cl-].[Cl-].[Ti+4].[c-]1[pH]c(-c2ccccc2)c(-c2ccccc2)c1-c1ccccc1. The van der Waals surface area contributed by atoms with E-state index in [0.717, 1.165) is 0 Å². The first kappa shape index (κ1) is 32.0. The maximum absolute atomic E-state index is 3.64. The van der Waals surface area contributed by atoms with Crippen LogP contribution in [-0.2, 0) is 21.7 Å². The van der Waals surface area contributed by atoms with Crippen molar-refractivity contribution in [2.45, 2.75) is 13.1 Å². The Hall–Kier alpha value is -2.22. The van der Waals surface area contributed by atoms with Crippen molar-refractivity contribution in [2.24, 2.45) is 0 Å². The summed E-state index contributed by atoms with van der Waals surface area (Å²) < 4.78 is 0. The molecule has 0 amide bonds. The van der Waals surface area contributed by atoms with Crippen LogP contribution in [0.4, 0.5) is 0 Å². The van der Waals surface area contributed by atoms with Gasteiger partial charge in [-0.15, -0.1) is 51.9 Å². The molecule has 0 saturated heterocycles. The zero-order chi connectivity index (χ0) is 24.0. The Morgan fingerprint density at radius 3 is 1.68 bits per heavy atom. The van der Waals surface area contributed by atoms with E-state index in [1.54, 1.807) is 5.19 Å². The molecule has 1 unspecified atom stereocenters. The number of benzene rings is 4. The zero-order valence-electron chi connectivity index (χ0n) is 21.4. The molecular formula is C33H28Cl2PSiTi. The van der Waals surface area contributed by atoms with E-state index in [1.807, 2.05) is 0 Å². The fraction of sp³-hybridized carbons (Fsp3) is 0.0606. The molecule has 38 heavy (non-hydrogen) atoms. The molecule has 187 valence electrons. The average Bonchev–Trinajstić information content (AvgIpc) is 3.56. The van der Waals surface area contributed by atoms with Gasteiger partial charge in [-0.25, -0.2) is 8.19 Å². The maximum Gasteiger partial charge on any atom is 4.00 e. The molecule has 0 fully saturated rings. The van der Waals surface area contributed by atoms with Gasteiger partial charge in [-0.05, 0) is 0 Å². The molecule has 0 bridgehead atoms. The summed E-state index contributed by atoms with van der Waals surface area (Å²) >= 11 is 0. The molecule has 5 aromatic carbocycles. The number of halogens is 2. The fourth-order valence-electron chi connectivity index (χ4n) is 4.35. The normalized spacial score (nSPS) is 10.2. The molecule has 0 aliphatic rings. The largest absolute Gasteiger partial charge is 4.00 e. The van der Waals surface area contributed by atoms with Crippen molar-refractivity contribution in [3.8, 4) is 33.1 Å². The van der Waals surface area contributed by atoms with E-state index in [9.17, 15) is 0 Å². The third-order valence-electron chi connectivity index (χ3n) is 6.20. The minimum atomic E-state index is -0.273. The second kappa shape index (κ2) is 15.4. The van der Waals surface area contributed by atoms with Crippen LogP contribution in [0.3, 0.4) is 0 Å². The van der Waals surface area contributed by atoms with Crippen LogP contribution in [0.2, 0.25) is 13.1 Å². The van der Waals surface area contributed by atoms with Gasteiger partial charge in [-0.1, -0.05) is 127 Å². The number of hydrogen-bond donors (Lipinski definition) is 0. The van der Waals surface area contributed by atoms with Crippen molar-refractivity contribution >= 4 is 32.9 Å². The van der Waals surface area contributed by atoms with Crippen LogP contribution in [0.15, 0.2) is 127 Å². The second-order valence-corrected chi connectivity index (χ2v) is 12.4. The quantitative estimate of drug-likeness (QED) is 0.215. The van der Waals surface area contributed by atoms with Crippen LogP contribution >= 0.6 is 8.19 Å². The van der Waals surface area contributed by atoms with E-state index >= 15 is 0 Å². The molecule has 6 rings (SSSR count). The molecule has 5 heteroatoms. The Morgan fingerprint density at radius 2 is 1.13 bits per heavy atom. The van der Waals surface area contributed by atoms with Gasteiger partial charge >= 0.3 is 21.7 Å². The van der Waals surface area contributed by atoms with Gasteiger partial charge in [0.05, 0.1) is 8.80 Å². The van der Waals surface area contributed by atoms with Gasteiger partial charge in [0.25, 0.3) is 0 Å². The number of fused-ring (bicyclic) bond motifs is 1. The van der Waals surface area contributed by atoms with Crippen molar-refractivity contribution in [1.82, 2.24) is 0 Å². The van der Waals surface area contributed by atoms with Gasteiger partial charge in [0.1, 0.15) is 0 Å². The molecule has 1 heterocycles. The third-order valence-corrected chi connectivity index (χ3v) is 8.80. The van der Waals surface area contributed by atoms with Crippen molar-refractivity contribution < 1.29 is 46.5 Å². The minimum Gasteiger partial charge on any atom is -1.00 e. The van der Waals surface area contributed by atoms with Gasteiger partial charge < -0.3 is 24.8 Å². The number of hydrogen-bond acceptors (Lipinski definition) is 0. The first-order valence-corrected chi connectivity index (χ1v) is 15.5. The summed E-state index contributed by atoms with van der Waals surface area (Å²) in [6, 6.07) is 45.1. The molecule has 0 spiro atoms. The molecular weight excluding hydrogens is 574 g/mol. The van der Waals surface area contributed by atoms with E-state index in [4.69, 9.17) is 0 Å². The molecule has 6 aromatic rings. The molecule has 0 aliphatic carbocycles. The van der Waals surface area contributed by atoms with Gasteiger partial charge in [0, 0.05) is 0 Å². The maximum atomic E-state index is 3.64. The smallest absolute Gasteiger partial charge is 1.00 e. The molecule has 1 atom stereocenters.